The van der Waals surface area contributed by atoms with Crippen molar-refractivity contribution < 1.29 is 5.11 Å². The van der Waals surface area contributed by atoms with E-state index < -0.39 is 0 Å². The van der Waals surface area contributed by atoms with Crippen molar-refractivity contribution in [2.45, 2.75) is 0 Å². The summed E-state index contributed by atoms with van der Waals surface area (Å²) in [6.45, 7) is 0. The molecule has 0 amide bonds. The third-order valence-electron chi connectivity index (χ3n) is 2.86. The molecule has 0 saturated heterocycles. The van der Waals surface area contributed by atoms with Crippen LogP contribution in [-0.2, 0) is 0 Å². The van der Waals surface area contributed by atoms with Crippen LogP contribution in [0.2, 0.25) is 0 Å². The fourth-order valence-electron chi connectivity index (χ4n) is 1.88. The lowest BCUT2D eigenvalue weighted by atomic mass is 10.2. The van der Waals surface area contributed by atoms with Crippen LogP contribution in [-0.4, -0.2) is 10.1 Å². The first kappa shape index (κ1) is 12.6. The van der Waals surface area contributed by atoms with Crippen molar-refractivity contribution in [3.8, 4) is 0 Å². The van der Waals surface area contributed by atoms with Crippen molar-refractivity contribution in [3.05, 3.63) is 75.4 Å². The van der Waals surface area contributed by atoms with E-state index >= 15 is 0 Å². The molecule has 0 unspecified atom stereocenters. The summed E-state index contributed by atoms with van der Waals surface area (Å²) in [4.78, 5) is 16.3. The number of aliphatic hydroxyl groups excluding tert-OH is 1. The molecule has 3 aromatic rings. The number of hydrogen-bond donors (Lipinski definition) is 1. The number of rotatable bonds is 2. The predicted octanol–water partition coefficient (Wildman–Crippen LogP) is 3.71. The highest BCUT2D eigenvalue weighted by Gasteiger charge is 2.05. The number of nitrogens with zero attached hydrogens (tertiary/aromatic N) is 1. The van der Waals surface area contributed by atoms with Crippen molar-refractivity contribution in [1.29, 1.82) is 0 Å². The minimum absolute atomic E-state index is 0.0395. The first-order valence-corrected chi connectivity index (χ1v) is 6.92. The van der Waals surface area contributed by atoms with Crippen LogP contribution in [0, 0.1) is 0 Å². The maximum absolute atomic E-state index is 12.0. The molecular formula is C16H11NO2S. The minimum atomic E-state index is -0.161. The molecule has 0 aliphatic carbocycles. The molecule has 0 saturated carbocycles. The lowest BCUT2D eigenvalue weighted by Crippen LogP contribution is -2.03. The van der Waals surface area contributed by atoms with E-state index in [1.807, 2.05) is 42.5 Å². The molecule has 20 heavy (non-hydrogen) atoms. The van der Waals surface area contributed by atoms with Gasteiger partial charge in [0.25, 0.3) is 4.74 Å². The van der Waals surface area contributed by atoms with Crippen molar-refractivity contribution in [1.82, 2.24) is 4.98 Å². The second-order valence-corrected chi connectivity index (χ2v) is 5.26. The van der Waals surface area contributed by atoms with Crippen LogP contribution in [0.1, 0.15) is 11.3 Å². The Morgan fingerprint density at radius 2 is 1.75 bits per heavy atom. The Morgan fingerprint density at radius 3 is 2.55 bits per heavy atom. The van der Waals surface area contributed by atoms with Crippen molar-refractivity contribution in [2.24, 2.45) is 0 Å². The number of aliphatic hydroxyl groups is 1. The predicted molar refractivity (Wildman–Crippen MR) is 82.8 cm³/mol. The minimum Gasteiger partial charge on any atom is -0.507 e. The van der Waals surface area contributed by atoms with Gasteiger partial charge in [0.1, 0.15) is 11.5 Å². The van der Waals surface area contributed by atoms with Gasteiger partial charge in [-0.2, -0.15) is 0 Å². The molecule has 0 bridgehead atoms. The van der Waals surface area contributed by atoms with E-state index in [2.05, 4.69) is 4.98 Å². The molecule has 3 nitrogen and oxygen atoms in total. The molecule has 1 N–H and O–H groups in total. The van der Waals surface area contributed by atoms with Crippen LogP contribution in [0.4, 0.5) is 0 Å². The molecule has 2 aromatic carbocycles. The van der Waals surface area contributed by atoms with Crippen LogP contribution in [0.25, 0.3) is 22.1 Å². The lowest BCUT2D eigenvalue weighted by molar-refractivity contribution is 0.515. The molecule has 98 valence electrons. The van der Waals surface area contributed by atoms with E-state index in [0.717, 1.165) is 21.6 Å². The Hall–Kier alpha value is -2.46. The highest BCUT2D eigenvalue weighted by Crippen LogP contribution is 2.17. The zero-order valence-corrected chi connectivity index (χ0v) is 11.3. The fourth-order valence-corrected chi connectivity index (χ4v) is 2.65. The molecule has 0 aliphatic heterocycles. The summed E-state index contributed by atoms with van der Waals surface area (Å²) in [6.07, 6.45) is 1.42. The summed E-state index contributed by atoms with van der Waals surface area (Å²) >= 11 is 1.13. The van der Waals surface area contributed by atoms with E-state index in [0.29, 0.717) is 5.56 Å². The largest absolute Gasteiger partial charge is 0.507 e. The first-order chi connectivity index (χ1) is 9.74. The average Bonchev–Trinajstić information content (AvgIpc) is 2.49. The quantitative estimate of drug-likeness (QED) is 0.728. The van der Waals surface area contributed by atoms with E-state index in [4.69, 9.17) is 0 Å². The molecular weight excluding hydrogens is 270 g/mol. The highest BCUT2D eigenvalue weighted by molar-refractivity contribution is 7.16. The van der Waals surface area contributed by atoms with Gasteiger partial charge >= 0.3 is 0 Å². The zero-order valence-electron chi connectivity index (χ0n) is 10.5. The molecule has 0 aliphatic rings. The number of para-hydroxylation sites is 1. The van der Waals surface area contributed by atoms with Gasteiger partial charge in [0.2, 0.25) is 0 Å². The van der Waals surface area contributed by atoms with Crippen molar-refractivity contribution in [2.75, 3.05) is 0 Å². The van der Waals surface area contributed by atoms with Gasteiger partial charge < -0.3 is 5.11 Å². The number of hydrogen-bond acceptors (Lipinski definition) is 4. The van der Waals surface area contributed by atoms with Gasteiger partial charge in [-0.05, 0) is 12.1 Å². The first-order valence-electron chi connectivity index (χ1n) is 6.10. The molecule has 1 heterocycles. The third-order valence-corrected chi connectivity index (χ3v) is 3.82. The van der Waals surface area contributed by atoms with Gasteiger partial charge in [-0.25, -0.2) is 4.98 Å². The second kappa shape index (κ2) is 5.27. The van der Waals surface area contributed by atoms with Gasteiger partial charge in [-0.1, -0.05) is 53.8 Å². The second-order valence-electron chi connectivity index (χ2n) is 4.25. The van der Waals surface area contributed by atoms with E-state index in [1.54, 1.807) is 12.1 Å². The Morgan fingerprint density at radius 1 is 1.05 bits per heavy atom. The zero-order chi connectivity index (χ0) is 13.9. The summed E-state index contributed by atoms with van der Waals surface area (Å²) in [5, 5.41) is 10.1. The number of fused-ring (bicyclic) bond motifs is 1. The van der Waals surface area contributed by atoms with Crippen LogP contribution < -0.4 is 4.74 Å². The van der Waals surface area contributed by atoms with Gasteiger partial charge in [-0.15, -0.1) is 0 Å². The van der Waals surface area contributed by atoms with Gasteiger partial charge in [0.15, 0.2) is 0 Å². The Kier molecular flexibility index (Phi) is 3.31. The van der Waals surface area contributed by atoms with Crippen LogP contribution in [0.3, 0.4) is 0 Å². The van der Waals surface area contributed by atoms with Crippen LogP contribution in [0.15, 0.2) is 59.4 Å². The molecule has 0 fully saturated rings. The van der Waals surface area contributed by atoms with Gasteiger partial charge in [0, 0.05) is 11.6 Å². The summed E-state index contributed by atoms with van der Waals surface area (Å²) in [5.74, 6) is 0.0395. The monoisotopic (exact) mass is 281 g/mol. The fraction of sp³-hybridized carbons (Fsp3) is 0. The van der Waals surface area contributed by atoms with E-state index in [-0.39, 0.29) is 16.2 Å². The lowest BCUT2D eigenvalue weighted by Gasteiger charge is -2.00. The van der Waals surface area contributed by atoms with Crippen molar-refractivity contribution >= 4 is 33.4 Å². The van der Waals surface area contributed by atoms with Gasteiger partial charge in [-0.3, -0.25) is 4.79 Å². The molecule has 1 aromatic heterocycles. The van der Waals surface area contributed by atoms with Gasteiger partial charge in [0.05, 0.1) is 10.2 Å². The average molecular weight is 281 g/mol. The summed E-state index contributed by atoms with van der Waals surface area (Å²) < 4.78 is 0.681. The summed E-state index contributed by atoms with van der Waals surface area (Å²) in [7, 11) is 0. The van der Waals surface area contributed by atoms with Crippen LogP contribution >= 0.6 is 11.3 Å². The Balaban J connectivity index is 2.11. The maximum Gasteiger partial charge on any atom is 0.258 e. The third kappa shape index (κ3) is 2.46. The molecule has 0 radical (unpaired) electrons. The SMILES string of the molecule is O=c1sc2ccccc2nc1/C=C(\O)c1ccccc1. The molecule has 3 rings (SSSR count). The highest BCUT2D eigenvalue weighted by atomic mass is 32.1. The van der Waals surface area contributed by atoms with Crippen molar-refractivity contribution in [3.63, 3.8) is 0 Å². The normalized spacial score (nSPS) is 11.7. The summed E-state index contributed by atoms with van der Waals surface area (Å²) in [6, 6.07) is 16.5. The van der Waals surface area contributed by atoms with Crippen LogP contribution in [0.5, 0.6) is 0 Å². The maximum atomic E-state index is 12.0. The topological polar surface area (TPSA) is 50.2 Å². The molecule has 4 heteroatoms. The van der Waals surface area contributed by atoms with E-state index in [1.165, 1.54) is 6.08 Å². The molecule has 0 spiro atoms. The Bertz CT molecular complexity index is 838. The number of benzene rings is 2. The van der Waals surface area contributed by atoms with E-state index in [9.17, 15) is 9.90 Å². The Labute approximate surface area is 119 Å². The summed E-state index contributed by atoms with van der Waals surface area (Å²) in [5.41, 5.74) is 1.67. The standard InChI is InChI=1S/C16H11NO2S/c18-14(11-6-2-1-3-7-11)10-13-16(19)20-15-9-5-4-8-12(15)17-13/h1-10,18H/b14-10-. The number of aromatic nitrogens is 1. The molecule has 0 atom stereocenters. The smallest absolute Gasteiger partial charge is 0.258 e.